The maximum atomic E-state index is 12.3. The number of amides is 2. The molecule has 1 aliphatic carbocycles. The number of hydrogen-bond donors (Lipinski definition) is 1. The van der Waals surface area contributed by atoms with E-state index in [0.717, 1.165) is 19.5 Å². The Labute approximate surface area is 163 Å². The summed E-state index contributed by atoms with van der Waals surface area (Å²) in [7, 11) is 2.21. The summed E-state index contributed by atoms with van der Waals surface area (Å²) in [4.78, 5) is 30.5. The molecule has 2 aliphatic heterocycles. The molecule has 3 aliphatic rings. The summed E-state index contributed by atoms with van der Waals surface area (Å²) < 4.78 is 5.77. The molecule has 0 aromatic heterocycles. The van der Waals surface area contributed by atoms with Crippen LogP contribution in [0.4, 0.5) is 4.79 Å². The van der Waals surface area contributed by atoms with Gasteiger partial charge in [0.05, 0.1) is 12.6 Å². The summed E-state index contributed by atoms with van der Waals surface area (Å²) in [6.45, 7) is 5.38. The number of rotatable bonds is 6. The Bertz CT molecular complexity index is 525. The monoisotopic (exact) mass is 380 g/mol. The van der Waals surface area contributed by atoms with Crippen LogP contribution in [0.5, 0.6) is 0 Å². The minimum absolute atomic E-state index is 0.0169. The normalized spacial score (nSPS) is 24.5. The van der Waals surface area contributed by atoms with Crippen molar-refractivity contribution in [2.45, 2.75) is 76.0 Å². The zero-order valence-corrected chi connectivity index (χ0v) is 17.0. The first kappa shape index (κ1) is 20.4. The molecule has 3 fully saturated rings. The fourth-order valence-corrected chi connectivity index (χ4v) is 4.76. The molecule has 1 saturated carbocycles. The minimum Gasteiger partial charge on any atom is -0.441 e. The van der Waals surface area contributed by atoms with Crippen molar-refractivity contribution in [1.29, 1.82) is 0 Å². The van der Waals surface area contributed by atoms with Crippen LogP contribution in [0.15, 0.2) is 0 Å². The van der Waals surface area contributed by atoms with E-state index in [2.05, 4.69) is 11.9 Å². The molecule has 0 radical (unpaired) electrons. The Morgan fingerprint density at radius 3 is 2.59 bits per heavy atom. The molecule has 0 aromatic rings. The van der Waals surface area contributed by atoms with Gasteiger partial charge in [0.2, 0.25) is 5.91 Å². The Morgan fingerprint density at radius 1 is 1.30 bits per heavy atom. The summed E-state index contributed by atoms with van der Waals surface area (Å²) >= 11 is 0. The zero-order valence-electron chi connectivity index (χ0n) is 17.0. The molecule has 2 N–H and O–H groups in total. The van der Waals surface area contributed by atoms with Crippen LogP contribution in [-0.2, 0) is 9.53 Å². The van der Waals surface area contributed by atoms with E-state index in [1.165, 1.54) is 32.1 Å². The first-order valence-electron chi connectivity index (χ1n) is 10.6. The molecule has 0 aromatic carbocycles. The van der Waals surface area contributed by atoms with Crippen molar-refractivity contribution in [3.8, 4) is 0 Å². The fourth-order valence-electron chi connectivity index (χ4n) is 4.76. The minimum atomic E-state index is -0.470. The second-order valence-electron chi connectivity index (χ2n) is 8.71. The number of carbonyl (C=O) groups is 2. The Hall–Kier alpha value is -1.34. The predicted octanol–water partition coefficient (Wildman–Crippen LogP) is 1.80. The van der Waals surface area contributed by atoms with Gasteiger partial charge in [0.1, 0.15) is 5.60 Å². The quantitative estimate of drug-likeness (QED) is 0.760. The number of nitrogens with zero attached hydrogens (tertiary/aromatic N) is 3. The lowest BCUT2D eigenvalue weighted by Gasteiger charge is -2.38. The lowest BCUT2D eigenvalue weighted by atomic mass is 9.91. The number of nitrogens with two attached hydrogens (primary N) is 1. The third kappa shape index (κ3) is 4.93. The van der Waals surface area contributed by atoms with Crippen molar-refractivity contribution in [3.63, 3.8) is 0 Å². The Balaban J connectivity index is 1.42. The molecule has 2 heterocycles. The lowest BCUT2D eigenvalue weighted by molar-refractivity contribution is -0.135. The van der Waals surface area contributed by atoms with Crippen molar-refractivity contribution in [3.05, 3.63) is 0 Å². The largest absolute Gasteiger partial charge is 0.441 e. The smallest absolute Gasteiger partial charge is 0.410 e. The lowest BCUT2D eigenvalue weighted by Crippen LogP contribution is -2.52. The van der Waals surface area contributed by atoms with E-state index in [-0.39, 0.29) is 12.0 Å². The van der Waals surface area contributed by atoms with Gasteiger partial charge in [-0.3, -0.25) is 4.79 Å². The molecule has 2 saturated heterocycles. The molecule has 0 bridgehead atoms. The van der Waals surface area contributed by atoms with Crippen LogP contribution in [0, 0.1) is 0 Å². The maximum absolute atomic E-state index is 12.3. The van der Waals surface area contributed by atoms with Crippen molar-refractivity contribution in [2.24, 2.45) is 5.73 Å². The average Bonchev–Trinajstić information content (AvgIpc) is 2.97. The van der Waals surface area contributed by atoms with Gasteiger partial charge in [-0.1, -0.05) is 19.3 Å². The molecule has 7 heteroatoms. The van der Waals surface area contributed by atoms with Gasteiger partial charge in [-0.2, -0.15) is 0 Å². The van der Waals surface area contributed by atoms with Crippen molar-refractivity contribution in [2.75, 3.05) is 39.8 Å². The van der Waals surface area contributed by atoms with Crippen molar-refractivity contribution in [1.82, 2.24) is 14.7 Å². The van der Waals surface area contributed by atoms with E-state index in [1.54, 1.807) is 11.8 Å². The van der Waals surface area contributed by atoms with Crippen LogP contribution >= 0.6 is 0 Å². The molecule has 1 spiro atoms. The van der Waals surface area contributed by atoms with Crippen LogP contribution in [-0.4, -0.2) is 84.2 Å². The number of piperidine rings is 1. The molecular formula is C20H36N4O3. The third-order valence-corrected chi connectivity index (χ3v) is 6.55. The summed E-state index contributed by atoms with van der Waals surface area (Å²) in [6.07, 6.45) is 8.88. The first-order chi connectivity index (χ1) is 12.9. The first-order valence-corrected chi connectivity index (χ1v) is 10.6. The zero-order chi connectivity index (χ0) is 19.4. The highest BCUT2D eigenvalue weighted by Crippen LogP contribution is 2.33. The van der Waals surface area contributed by atoms with Crippen molar-refractivity contribution < 1.29 is 14.3 Å². The van der Waals surface area contributed by atoms with Gasteiger partial charge in [0.15, 0.2) is 0 Å². The number of ether oxygens (including phenoxy) is 1. The van der Waals surface area contributed by atoms with Gasteiger partial charge in [-0.25, -0.2) is 4.79 Å². The van der Waals surface area contributed by atoms with Gasteiger partial charge >= 0.3 is 6.09 Å². The fraction of sp³-hybridized carbons (Fsp3) is 0.900. The molecule has 27 heavy (non-hydrogen) atoms. The standard InChI is InChI=1S/C20H36N4O3/c1-16(21)18(25)23-13-9-20(10-14-23)15-24(19(26)27-20)12-6-11-22(2)17-7-4-3-5-8-17/h16-17H,3-15,21H2,1-2H3/t16-/m1/s1. The van der Waals surface area contributed by atoms with Gasteiger partial charge in [-0.15, -0.1) is 0 Å². The molecule has 2 amide bonds. The van der Waals surface area contributed by atoms with Gasteiger partial charge in [0, 0.05) is 38.5 Å². The van der Waals surface area contributed by atoms with Crippen LogP contribution in [0.25, 0.3) is 0 Å². The Kier molecular flexibility index (Phi) is 6.63. The second-order valence-corrected chi connectivity index (χ2v) is 8.71. The van der Waals surface area contributed by atoms with Gasteiger partial charge in [0.25, 0.3) is 0 Å². The number of likely N-dealkylation sites (tertiary alicyclic amines) is 1. The molecule has 154 valence electrons. The summed E-state index contributed by atoms with van der Waals surface area (Å²) in [5, 5.41) is 0. The highest BCUT2D eigenvalue weighted by Gasteiger charge is 2.47. The van der Waals surface area contributed by atoms with E-state index in [0.29, 0.717) is 38.5 Å². The molecule has 7 nitrogen and oxygen atoms in total. The van der Waals surface area contributed by atoms with Crippen LogP contribution in [0.2, 0.25) is 0 Å². The van der Waals surface area contributed by atoms with Crippen molar-refractivity contribution >= 4 is 12.0 Å². The SMILES string of the molecule is C[C@@H](N)C(=O)N1CCC2(CC1)CN(CCCN(C)C1CCCCC1)C(=O)O2. The molecule has 1 atom stereocenters. The predicted molar refractivity (Wildman–Crippen MR) is 104 cm³/mol. The third-order valence-electron chi connectivity index (χ3n) is 6.55. The Morgan fingerprint density at radius 2 is 1.96 bits per heavy atom. The summed E-state index contributed by atoms with van der Waals surface area (Å²) in [6, 6.07) is 0.241. The highest BCUT2D eigenvalue weighted by molar-refractivity contribution is 5.81. The van der Waals surface area contributed by atoms with Crippen LogP contribution in [0.1, 0.15) is 58.3 Å². The molecule has 3 rings (SSSR count). The summed E-state index contributed by atoms with van der Waals surface area (Å²) in [5.41, 5.74) is 5.28. The highest BCUT2D eigenvalue weighted by atomic mass is 16.6. The number of carbonyl (C=O) groups excluding carboxylic acids is 2. The van der Waals surface area contributed by atoms with E-state index in [4.69, 9.17) is 10.5 Å². The van der Waals surface area contributed by atoms with Gasteiger partial charge < -0.3 is 25.2 Å². The molecular weight excluding hydrogens is 344 g/mol. The van der Waals surface area contributed by atoms with Crippen LogP contribution in [0.3, 0.4) is 0 Å². The van der Waals surface area contributed by atoms with Crippen LogP contribution < -0.4 is 5.73 Å². The van der Waals surface area contributed by atoms with E-state index in [9.17, 15) is 9.59 Å². The number of hydrogen-bond acceptors (Lipinski definition) is 5. The average molecular weight is 381 g/mol. The second kappa shape index (κ2) is 8.78. The van der Waals surface area contributed by atoms with Gasteiger partial charge in [-0.05, 0) is 39.8 Å². The molecule has 0 unspecified atom stereocenters. The van der Waals surface area contributed by atoms with E-state index in [1.807, 2.05) is 4.90 Å². The topological polar surface area (TPSA) is 79.1 Å². The van der Waals surface area contributed by atoms with E-state index >= 15 is 0 Å². The summed E-state index contributed by atoms with van der Waals surface area (Å²) in [5.74, 6) is -0.0169. The van der Waals surface area contributed by atoms with E-state index < -0.39 is 11.6 Å². The maximum Gasteiger partial charge on any atom is 0.410 e.